The molecule has 2 aliphatic rings. The molecule has 0 saturated carbocycles. The van der Waals surface area contributed by atoms with Gasteiger partial charge in [0.1, 0.15) is 6.10 Å². The summed E-state index contributed by atoms with van der Waals surface area (Å²) in [7, 11) is 0. The van der Waals surface area contributed by atoms with Gasteiger partial charge in [-0.2, -0.15) is 0 Å². The van der Waals surface area contributed by atoms with E-state index in [1.54, 1.807) is 0 Å². The number of carboxylic acids is 2. The minimum absolute atomic E-state index is 0.00488. The molecule has 0 radical (unpaired) electrons. The quantitative estimate of drug-likeness (QED) is 0.212. The molecule has 0 amide bonds. The second kappa shape index (κ2) is 11.4. The lowest BCUT2D eigenvalue weighted by molar-refractivity contribution is -0.138. The molecule has 3 aromatic rings. The molecule has 1 fully saturated rings. The van der Waals surface area contributed by atoms with E-state index in [2.05, 4.69) is 54.0 Å². The van der Waals surface area contributed by atoms with Gasteiger partial charge >= 0.3 is 11.9 Å². The molecule has 9 nitrogen and oxygen atoms in total. The van der Waals surface area contributed by atoms with E-state index in [0.29, 0.717) is 19.3 Å². The van der Waals surface area contributed by atoms with Crippen LogP contribution in [0, 0.1) is 26.2 Å². The maximum Gasteiger partial charge on any atom is 0.303 e. The highest BCUT2D eigenvalue weighted by Crippen LogP contribution is 2.44. The number of fused-ring (bicyclic) bond motifs is 8. The van der Waals surface area contributed by atoms with Gasteiger partial charge in [-0.05, 0) is 104 Å². The van der Waals surface area contributed by atoms with Crippen molar-refractivity contribution in [3.05, 3.63) is 78.2 Å². The van der Waals surface area contributed by atoms with Gasteiger partial charge in [0, 0.05) is 63.1 Å². The van der Waals surface area contributed by atoms with E-state index in [-0.39, 0.29) is 12.8 Å². The highest BCUT2D eigenvalue weighted by atomic mass is 16.4. The molecule has 228 valence electrons. The Labute approximate surface area is 251 Å². The first-order valence-corrected chi connectivity index (χ1v) is 15.0. The van der Waals surface area contributed by atoms with Crippen LogP contribution in [0.2, 0.25) is 0 Å². The number of aliphatic hydroxyl groups excluding tert-OH is 1. The van der Waals surface area contributed by atoms with Crippen molar-refractivity contribution >= 4 is 36.2 Å². The van der Waals surface area contributed by atoms with E-state index in [1.807, 2.05) is 32.1 Å². The Balaban J connectivity index is 1.86. The van der Waals surface area contributed by atoms with Crippen molar-refractivity contribution in [2.24, 2.45) is 5.41 Å². The van der Waals surface area contributed by atoms with Crippen LogP contribution in [-0.4, -0.2) is 48.3 Å². The molecule has 0 aliphatic carbocycles. The van der Waals surface area contributed by atoms with Gasteiger partial charge in [-0.25, -0.2) is 0 Å². The van der Waals surface area contributed by atoms with E-state index in [1.165, 1.54) is 5.56 Å². The van der Waals surface area contributed by atoms with Crippen LogP contribution < -0.4 is 16.0 Å². The number of aromatic amines is 3. The zero-order valence-corrected chi connectivity index (χ0v) is 25.8. The highest BCUT2D eigenvalue weighted by molar-refractivity contribution is 5.71. The zero-order chi connectivity index (χ0) is 31.2. The predicted molar refractivity (Wildman–Crippen MR) is 168 cm³/mol. The van der Waals surface area contributed by atoms with Crippen molar-refractivity contribution in [3.63, 3.8) is 0 Å². The summed E-state index contributed by atoms with van der Waals surface area (Å²) in [6.45, 7) is 12.3. The average Bonchev–Trinajstić information content (AvgIpc) is 3.59. The van der Waals surface area contributed by atoms with Gasteiger partial charge in [-0.3, -0.25) is 9.59 Å². The standard InChI is InChI=1S/C34H42N4O5/c1-7-20-17(3)24-14-29-33(43)34(6,8-2)30(38-29)16-25-19(5)22(10-12-32(41)42)28(37-25)15-27-21(9-11-31(39)40)18(4)23(36-27)13-26(20)35-24/h13-16,33,35-38,43H,7-12H2,1-6H3,(H,39,40)(H,41,42)/b23-13-,27-15-,29-14-,30-16-. The molecule has 2 unspecified atom stereocenters. The van der Waals surface area contributed by atoms with Gasteiger partial charge in [0.2, 0.25) is 0 Å². The Morgan fingerprint density at radius 1 is 0.744 bits per heavy atom. The van der Waals surface area contributed by atoms with Crippen LogP contribution in [0.3, 0.4) is 0 Å². The van der Waals surface area contributed by atoms with Crippen molar-refractivity contribution in [3.8, 4) is 0 Å². The number of H-pyrrole nitrogens is 3. The Morgan fingerprint density at radius 2 is 1.30 bits per heavy atom. The Bertz CT molecular complexity index is 1800. The normalized spacial score (nSPS) is 23.3. The molecular formula is C34H42N4O5. The molecule has 2 atom stereocenters. The number of aromatic nitrogens is 3. The average molecular weight is 587 g/mol. The molecule has 8 bridgehead atoms. The van der Waals surface area contributed by atoms with Crippen LogP contribution in [0.25, 0.3) is 24.3 Å². The fourth-order valence-corrected chi connectivity index (χ4v) is 6.55. The Morgan fingerprint density at radius 3 is 1.91 bits per heavy atom. The second-order valence-electron chi connectivity index (χ2n) is 12.1. The first-order valence-electron chi connectivity index (χ1n) is 15.0. The second-order valence-corrected chi connectivity index (χ2v) is 12.1. The summed E-state index contributed by atoms with van der Waals surface area (Å²) in [6.07, 6.45) is 9.54. The molecular weight excluding hydrogens is 544 g/mol. The molecule has 7 N–H and O–H groups in total. The van der Waals surface area contributed by atoms with Gasteiger partial charge in [-0.1, -0.05) is 20.8 Å². The summed E-state index contributed by atoms with van der Waals surface area (Å²) in [5, 5.41) is 35.8. The Kier molecular flexibility index (Phi) is 8.05. The Hall–Kier alpha value is -4.24. The van der Waals surface area contributed by atoms with Crippen molar-refractivity contribution in [2.45, 2.75) is 86.2 Å². The number of carboxylic acid groups (broad SMARTS) is 2. The van der Waals surface area contributed by atoms with Crippen LogP contribution >= 0.6 is 0 Å². The van der Waals surface area contributed by atoms with Gasteiger partial charge < -0.3 is 35.6 Å². The molecule has 5 rings (SSSR count). The number of aliphatic hydroxyl groups is 1. The molecule has 1 saturated heterocycles. The van der Waals surface area contributed by atoms with Gasteiger partial charge in [0.05, 0.1) is 0 Å². The predicted octanol–water partition coefficient (Wildman–Crippen LogP) is 3.93. The fourth-order valence-electron chi connectivity index (χ4n) is 6.55. The molecule has 0 spiro atoms. The summed E-state index contributed by atoms with van der Waals surface area (Å²) >= 11 is 0. The summed E-state index contributed by atoms with van der Waals surface area (Å²) < 4.78 is 0. The lowest BCUT2D eigenvalue weighted by Crippen LogP contribution is -2.28. The maximum atomic E-state index is 11.6. The minimum Gasteiger partial charge on any atom is -0.481 e. The molecule has 5 heterocycles. The smallest absolute Gasteiger partial charge is 0.303 e. The third-order valence-corrected chi connectivity index (χ3v) is 9.58. The summed E-state index contributed by atoms with van der Waals surface area (Å²) in [5.41, 5.74) is 10.6. The lowest BCUT2D eigenvalue weighted by Gasteiger charge is -2.26. The molecule has 9 heteroatoms. The highest BCUT2D eigenvalue weighted by Gasteiger charge is 2.44. The van der Waals surface area contributed by atoms with Crippen LogP contribution in [0.5, 0.6) is 0 Å². The van der Waals surface area contributed by atoms with Crippen molar-refractivity contribution < 1.29 is 24.9 Å². The van der Waals surface area contributed by atoms with E-state index in [9.17, 15) is 24.9 Å². The van der Waals surface area contributed by atoms with Crippen LogP contribution in [-0.2, 0) is 28.9 Å². The monoisotopic (exact) mass is 586 g/mol. The van der Waals surface area contributed by atoms with Crippen molar-refractivity contribution in [1.29, 1.82) is 0 Å². The molecule has 2 aliphatic heterocycles. The number of carbonyl (C=O) groups is 2. The third-order valence-electron chi connectivity index (χ3n) is 9.58. The van der Waals surface area contributed by atoms with E-state index in [4.69, 9.17) is 0 Å². The van der Waals surface area contributed by atoms with Gasteiger partial charge in [0.15, 0.2) is 0 Å². The SMILES string of the molecule is CCc1c2[nH]c(c1C)/C=C1\N/C(=C\c3[nH]c(c(CCC(=O)O)c3C)/C=c3\[nH]/c(c(C)c3CCC(=O)O)=C\2)C(C)(CC)C1O. The summed E-state index contributed by atoms with van der Waals surface area (Å²) in [5.74, 6) is -1.74. The fraction of sp³-hybridized carbons (Fsp3) is 0.412. The molecule has 3 aromatic heterocycles. The van der Waals surface area contributed by atoms with Crippen molar-refractivity contribution in [2.75, 3.05) is 0 Å². The third kappa shape index (κ3) is 5.38. The summed E-state index contributed by atoms with van der Waals surface area (Å²) in [6, 6.07) is 0. The molecule has 43 heavy (non-hydrogen) atoms. The minimum atomic E-state index is -0.874. The first kappa shape index (κ1) is 30.2. The number of hydrogen-bond acceptors (Lipinski definition) is 4. The number of rotatable bonds is 8. The maximum absolute atomic E-state index is 11.6. The number of aliphatic carboxylic acids is 2. The van der Waals surface area contributed by atoms with Gasteiger partial charge in [0.25, 0.3) is 0 Å². The van der Waals surface area contributed by atoms with Crippen molar-refractivity contribution in [1.82, 2.24) is 20.3 Å². The molecule has 0 aromatic carbocycles. The lowest BCUT2D eigenvalue weighted by atomic mass is 9.80. The first-order chi connectivity index (χ1) is 20.4. The zero-order valence-electron chi connectivity index (χ0n) is 25.8. The van der Waals surface area contributed by atoms with Crippen LogP contribution in [0.1, 0.15) is 96.2 Å². The van der Waals surface area contributed by atoms with E-state index >= 15 is 0 Å². The summed E-state index contributed by atoms with van der Waals surface area (Å²) in [4.78, 5) is 33.8. The van der Waals surface area contributed by atoms with E-state index < -0.39 is 23.5 Å². The largest absolute Gasteiger partial charge is 0.481 e. The topological polar surface area (TPSA) is 154 Å². The van der Waals surface area contributed by atoms with Gasteiger partial charge in [-0.15, -0.1) is 0 Å². The van der Waals surface area contributed by atoms with Crippen LogP contribution in [0.4, 0.5) is 0 Å². The van der Waals surface area contributed by atoms with E-state index in [0.717, 1.165) is 79.1 Å². The number of hydrogen-bond donors (Lipinski definition) is 7. The van der Waals surface area contributed by atoms with Crippen LogP contribution in [0.15, 0.2) is 11.4 Å². The number of nitrogens with one attached hydrogen (secondary N) is 4.